The van der Waals surface area contributed by atoms with E-state index in [1.807, 2.05) is 91.9 Å². The maximum Gasteiger partial charge on any atom is 0.334 e. The fraction of sp³-hybridized carbons (Fsp3) is 0.273. The lowest BCUT2D eigenvalue weighted by molar-refractivity contribution is -0.187. The van der Waals surface area contributed by atoms with Crippen molar-refractivity contribution in [1.82, 2.24) is 30.1 Å². The van der Waals surface area contributed by atoms with Gasteiger partial charge in [0.15, 0.2) is 0 Å². The van der Waals surface area contributed by atoms with Crippen molar-refractivity contribution < 1.29 is 14.4 Å². The average Bonchev–Trinajstić information content (AvgIpc) is 2.99. The smallest absolute Gasteiger partial charge is 0.333 e. The molecule has 214 valence electrons. The molecular formula is C33H34N6O3. The van der Waals surface area contributed by atoms with Crippen molar-refractivity contribution in [3.05, 3.63) is 113 Å². The number of hydrazine groups is 1. The van der Waals surface area contributed by atoms with Crippen molar-refractivity contribution in [1.29, 1.82) is 0 Å². The van der Waals surface area contributed by atoms with Crippen LogP contribution in [0.15, 0.2) is 91.1 Å². The lowest BCUT2D eigenvalue weighted by atomic mass is 9.97. The molecule has 0 aliphatic carbocycles. The number of urea groups is 1. The predicted octanol–water partition coefficient (Wildman–Crippen LogP) is 3.72. The topological polar surface area (TPSA) is 89.1 Å². The van der Waals surface area contributed by atoms with Crippen LogP contribution in [0.2, 0.25) is 0 Å². The monoisotopic (exact) mass is 562 g/mol. The second kappa shape index (κ2) is 11.6. The van der Waals surface area contributed by atoms with Gasteiger partial charge in [-0.1, -0.05) is 84.4 Å². The summed E-state index contributed by atoms with van der Waals surface area (Å²) < 4.78 is 0. The summed E-state index contributed by atoms with van der Waals surface area (Å²) in [6, 6.07) is 26.5. The molecule has 2 atom stereocenters. The van der Waals surface area contributed by atoms with Gasteiger partial charge in [-0.25, -0.2) is 14.8 Å². The van der Waals surface area contributed by atoms with Gasteiger partial charge in [0.25, 0.3) is 0 Å². The van der Waals surface area contributed by atoms with Gasteiger partial charge in [-0.15, -0.1) is 0 Å². The zero-order chi connectivity index (χ0) is 29.2. The molecule has 0 saturated carbocycles. The fourth-order valence-electron chi connectivity index (χ4n) is 5.95. The number of aryl methyl sites for hydroxylation is 1. The van der Waals surface area contributed by atoms with Gasteiger partial charge in [0.05, 0.1) is 18.6 Å². The van der Waals surface area contributed by atoms with Crippen LogP contribution in [0.3, 0.4) is 0 Å². The number of carbonyl (C=O) groups excluding carboxylic acids is 3. The van der Waals surface area contributed by atoms with E-state index in [0.29, 0.717) is 19.5 Å². The molecule has 2 aliphatic heterocycles. The minimum absolute atomic E-state index is 0.000176. The van der Waals surface area contributed by atoms with Crippen LogP contribution in [0.5, 0.6) is 0 Å². The van der Waals surface area contributed by atoms with Gasteiger partial charge in [0.1, 0.15) is 12.2 Å². The summed E-state index contributed by atoms with van der Waals surface area (Å²) in [5.41, 5.74) is 4.80. The van der Waals surface area contributed by atoms with Crippen LogP contribution in [0.4, 0.5) is 4.79 Å². The van der Waals surface area contributed by atoms with E-state index < -0.39 is 12.2 Å². The molecule has 2 saturated heterocycles. The van der Waals surface area contributed by atoms with E-state index in [1.54, 1.807) is 33.1 Å². The number of benzene rings is 3. The second-order valence-corrected chi connectivity index (χ2v) is 11.0. The molecule has 9 nitrogen and oxygen atoms in total. The number of likely N-dealkylation sites (N-methyl/N-ethyl adjacent to an activating group) is 1. The maximum atomic E-state index is 14.2. The number of para-hydroxylation sites is 1. The van der Waals surface area contributed by atoms with Crippen LogP contribution in [-0.2, 0) is 29.1 Å². The quantitative estimate of drug-likeness (QED) is 0.387. The molecule has 0 bridgehead atoms. The van der Waals surface area contributed by atoms with Crippen LogP contribution in [0.1, 0.15) is 22.3 Å². The third-order valence-corrected chi connectivity index (χ3v) is 8.06. The van der Waals surface area contributed by atoms with E-state index >= 15 is 0 Å². The summed E-state index contributed by atoms with van der Waals surface area (Å²) in [5, 5.41) is 7.25. The van der Waals surface area contributed by atoms with Crippen molar-refractivity contribution in [2.75, 3.05) is 20.1 Å². The summed E-state index contributed by atoms with van der Waals surface area (Å²) in [6.45, 7) is 2.87. The molecule has 2 aliphatic rings. The predicted molar refractivity (Wildman–Crippen MR) is 160 cm³/mol. The number of hydrogen-bond donors (Lipinski definition) is 1. The number of piperazine rings is 1. The number of hydrogen-bond acceptors (Lipinski definition) is 5. The lowest BCUT2D eigenvalue weighted by Gasteiger charge is -2.54. The van der Waals surface area contributed by atoms with Gasteiger partial charge >= 0.3 is 6.03 Å². The molecule has 1 aromatic heterocycles. The number of carbonyl (C=O) groups is 3. The van der Waals surface area contributed by atoms with Crippen LogP contribution < -0.4 is 5.32 Å². The molecule has 0 unspecified atom stereocenters. The molecule has 6 rings (SSSR count). The molecular weight excluding hydrogens is 528 g/mol. The summed E-state index contributed by atoms with van der Waals surface area (Å²) in [5.74, 6) is -0.311. The summed E-state index contributed by atoms with van der Waals surface area (Å²) >= 11 is 0. The Hall–Kier alpha value is -4.76. The number of nitrogens with zero attached hydrogens (tertiary/aromatic N) is 5. The molecule has 42 heavy (non-hydrogen) atoms. The van der Waals surface area contributed by atoms with E-state index in [-0.39, 0.29) is 30.9 Å². The number of fused-ring (bicyclic) bond motifs is 2. The highest BCUT2D eigenvalue weighted by atomic mass is 16.2. The van der Waals surface area contributed by atoms with Crippen LogP contribution >= 0.6 is 0 Å². The Bertz CT molecular complexity index is 1600. The van der Waals surface area contributed by atoms with Crippen LogP contribution in [0, 0.1) is 6.92 Å². The van der Waals surface area contributed by atoms with Crippen LogP contribution in [0.25, 0.3) is 10.9 Å². The number of amides is 4. The van der Waals surface area contributed by atoms with Crippen molar-refractivity contribution in [2.45, 2.75) is 38.6 Å². The lowest BCUT2D eigenvalue weighted by Crippen LogP contribution is -2.76. The van der Waals surface area contributed by atoms with Gasteiger partial charge in [-0.3, -0.25) is 14.6 Å². The summed E-state index contributed by atoms with van der Waals surface area (Å²) in [4.78, 5) is 49.4. The van der Waals surface area contributed by atoms with Crippen molar-refractivity contribution in [2.24, 2.45) is 0 Å². The first-order chi connectivity index (χ1) is 20.4. The van der Waals surface area contributed by atoms with Gasteiger partial charge in [-0.2, -0.15) is 0 Å². The molecule has 0 spiro atoms. The zero-order valence-electron chi connectivity index (χ0n) is 23.8. The molecule has 2 fully saturated rings. The first kappa shape index (κ1) is 27.4. The first-order valence-corrected chi connectivity index (χ1v) is 14.2. The number of rotatable bonds is 6. The Kier molecular flexibility index (Phi) is 7.58. The van der Waals surface area contributed by atoms with E-state index in [4.69, 9.17) is 0 Å². The van der Waals surface area contributed by atoms with Crippen LogP contribution in [-0.4, -0.2) is 75.0 Å². The molecule has 3 aromatic carbocycles. The molecule has 1 N–H and O–H groups in total. The Balaban J connectivity index is 1.34. The summed E-state index contributed by atoms with van der Waals surface area (Å²) in [6.07, 6.45) is 1.44. The fourth-order valence-corrected chi connectivity index (χ4v) is 5.95. The normalized spacial score (nSPS) is 19.2. The van der Waals surface area contributed by atoms with Crippen molar-refractivity contribution >= 4 is 28.7 Å². The highest BCUT2D eigenvalue weighted by Gasteiger charge is 2.50. The van der Waals surface area contributed by atoms with Gasteiger partial charge in [-0.05, 0) is 29.7 Å². The van der Waals surface area contributed by atoms with Gasteiger partial charge in [0, 0.05) is 38.1 Å². The Morgan fingerprint density at radius 2 is 1.69 bits per heavy atom. The maximum absolute atomic E-state index is 14.2. The van der Waals surface area contributed by atoms with Crippen molar-refractivity contribution in [3.63, 3.8) is 0 Å². The number of nitrogens with one attached hydrogen (secondary N) is 1. The van der Waals surface area contributed by atoms with E-state index in [9.17, 15) is 14.4 Å². The molecule has 0 radical (unpaired) electrons. The third kappa shape index (κ3) is 5.43. The third-order valence-electron chi connectivity index (χ3n) is 8.06. The summed E-state index contributed by atoms with van der Waals surface area (Å²) in [7, 11) is 1.74. The molecule has 9 heteroatoms. The molecule has 4 aromatic rings. The molecule has 3 heterocycles. The van der Waals surface area contributed by atoms with Crippen molar-refractivity contribution in [3.8, 4) is 0 Å². The molecule has 4 amide bonds. The highest BCUT2D eigenvalue weighted by molar-refractivity contribution is 5.92. The first-order valence-electron chi connectivity index (χ1n) is 14.2. The Morgan fingerprint density at radius 1 is 0.929 bits per heavy atom. The second-order valence-electron chi connectivity index (χ2n) is 11.0. The minimum Gasteiger partial charge on any atom is -0.333 e. The van der Waals surface area contributed by atoms with E-state index in [2.05, 4.69) is 10.3 Å². The number of pyridine rings is 1. The highest BCUT2D eigenvalue weighted by Crippen LogP contribution is 2.29. The van der Waals surface area contributed by atoms with E-state index in [1.165, 1.54) is 0 Å². The standard InChI is InChI=1S/C33H34N6O3/c1-23-13-15-24(16-14-23)18-28-32(41)37(20-27-11-6-10-26-12-7-17-34-31(26)27)21-29-38(28)30(40)22-36(2)39(29)33(42)35-19-25-8-4-3-5-9-25/h3-17,28-29H,18-22H2,1-2H3,(H,35,42)/t28-,29-/m0/s1. The Morgan fingerprint density at radius 3 is 2.48 bits per heavy atom. The van der Waals surface area contributed by atoms with Gasteiger partial charge < -0.3 is 15.1 Å². The zero-order valence-corrected chi connectivity index (χ0v) is 23.8. The largest absolute Gasteiger partial charge is 0.334 e. The number of aromatic nitrogens is 1. The average molecular weight is 563 g/mol. The minimum atomic E-state index is -0.750. The van der Waals surface area contributed by atoms with E-state index in [0.717, 1.165) is 33.2 Å². The van der Waals surface area contributed by atoms with Gasteiger partial charge in [0.2, 0.25) is 11.8 Å². The SMILES string of the molecule is Cc1ccc(C[C@H]2C(=O)N(Cc3cccc4cccnc34)C[C@H]3N2C(=O)CN(C)N3C(=O)NCc2ccccc2)cc1. The Labute approximate surface area is 245 Å².